The fourth-order valence-electron chi connectivity index (χ4n) is 1.69. The van der Waals surface area contributed by atoms with Gasteiger partial charge in [0.25, 0.3) is 0 Å². The molecule has 4 heteroatoms. The molecule has 0 amide bonds. The van der Waals surface area contributed by atoms with E-state index in [-0.39, 0.29) is 5.97 Å². The van der Waals surface area contributed by atoms with Crippen molar-refractivity contribution in [1.29, 1.82) is 0 Å². The molecule has 4 nitrogen and oxygen atoms in total. The smallest absolute Gasteiger partial charge is 0.315 e. The maximum Gasteiger partial charge on any atom is 0.315 e. The maximum absolute atomic E-state index is 12.0. The maximum atomic E-state index is 12.0. The highest BCUT2D eigenvalue weighted by Gasteiger charge is 2.24. The van der Waals surface area contributed by atoms with Crippen LogP contribution < -0.4 is 0 Å². The number of ether oxygens (including phenoxy) is 1. The Labute approximate surface area is 112 Å². The van der Waals surface area contributed by atoms with Gasteiger partial charge in [0.15, 0.2) is 0 Å². The summed E-state index contributed by atoms with van der Waals surface area (Å²) in [6.45, 7) is 7.34. The first-order valence-corrected chi connectivity index (χ1v) is 6.31. The molecule has 0 spiro atoms. The minimum atomic E-state index is -0.490. The van der Waals surface area contributed by atoms with Crippen LogP contribution in [0.4, 0.5) is 0 Å². The van der Waals surface area contributed by atoms with Crippen molar-refractivity contribution in [3.05, 3.63) is 36.2 Å². The summed E-state index contributed by atoms with van der Waals surface area (Å²) in [5.74, 6) is -0.701. The van der Waals surface area contributed by atoms with Gasteiger partial charge in [0.1, 0.15) is 5.60 Å². The van der Waals surface area contributed by atoms with Crippen molar-refractivity contribution < 1.29 is 9.53 Å². The summed E-state index contributed by atoms with van der Waals surface area (Å²) in [7, 11) is 0. The minimum Gasteiger partial charge on any atom is -0.459 e. The lowest BCUT2D eigenvalue weighted by Gasteiger charge is -2.22. The quantitative estimate of drug-likeness (QED) is 0.777. The fraction of sp³-hybridized carbons (Fsp3) is 0.400. The van der Waals surface area contributed by atoms with Crippen LogP contribution in [-0.4, -0.2) is 21.5 Å². The monoisotopic (exact) mass is 258 g/mol. The summed E-state index contributed by atoms with van der Waals surface area (Å²) >= 11 is 0. The van der Waals surface area contributed by atoms with Crippen molar-refractivity contribution in [2.75, 3.05) is 0 Å². The normalized spacial score (nSPS) is 13.3. The van der Waals surface area contributed by atoms with Crippen LogP contribution in [0.1, 0.15) is 39.3 Å². The van der Waals surface area contributed by atoms with Crippen LogP contribution in [0.2, 0.25) is 0 Å². The average molecular weight is 258 g/mol. The van der Waals surface area contributed by atoms with Gasteiger partial charge >= 0.3 is 5.97 Å². The number of rotatable bonds is 2. The molecule has 1 atom stereocenters. The Morgan fingerprint density at radius 3 is 2.47 bits per heavy atom. The molecule has 0 saturated carbocycles. The third-order valence-corrected chi connectivity index (χ3v) is 2.67. The minimum absolute atomic E-state index is 0.280. The summed E-state index contributed by atoms with van der Waals surface area (Å²) in [6.07, 6.45) is 1.64. The lowest BCUT2D eigenvalue weighted by atomic mass is 10.1. The molecule has 0 aliphatic rings. The third-order valence-electron chi connectivity index (χ3n) is 2.67. The Bertz CT molecular complexity index is 602. The highest BCUT2D eigenvalue weighted by Crippen LogP contribution is 2.20. The van der Waals surface area contributed by atoms with Crippen molar-refractivity contribution in [2.45, 2.75) is 39.2 Å². The van der Waals surface area contributed by atoms with E-state index in [2.05, 4.69) is 9.97 Å². The summed E-state index contributed by atoms with van der Waals surface area (Å²) in [4.78, 5) is 20.8. The second-order valence-corrected chi connectivity index (χ2v) is 5.54. The van der Waals surface area contributed by atoms with Gasteiger partial charge in [-0.1, -0.05) is 12.1 Å². The van der Waals surface area contributed by atoms with Crippen LogP contribution in [0.3, 0.4) is 0 Å². The van der Waals surface area contributed by atoms with Crippen molar-refractivity contribution in [3.63, 3.8) is 0 Å². The van der Waals surface area contributed by atoms with Gasteiger partial charge in [-0.05, 0) is 39.8 Å². The van der Waals surface area contributed by atoms with Gasteiger partial charge in [-0.15, -0.1) is 0 Å². The van der Waals surface area contributed by atoms with Crippen molar-refractivity contribution >= 4 is 17.0 Å². The molecule has 100 valence electrons. The number of hydrogen-bond donors (Lipinski definition) is 0. The Hall–Kier alpha value is -1.97. The largest absolute Gasteiger partial charge is 0.459 e. The number of carbonyl (C=O) groups is 1. The van der Waals surface area contributed by atoms with E-state index in [1.807, 2.05) is 45.0 Å². The molecular formula is C15H18N2O2. The first-order valence-electron chi connectivity index (χ1n) is 6.31. The number of carbonyl (C=O) groups excluding carboxylic acids is 1. The highest BCUT2D eigenvalue weighted by molar-refractivity contribution is 5.79. The van der Waals surface area contributed by atoms with E-state index in [9.17, 15) is 4.79 Å². The van der Waals surface area contributed by atoms with Crippen LogP contribution in [0.5, 0.6) is 0 Å². The van der Waals surface area contributed by atoms with E-state index in [0.29, 0.717) is 5.69 Å². The van der Waals surface area contributed by atoms with Gasteiger partial charge in [-0.25, -0.2) is 4.98 Å². The molecular weight excluding hydrogens is 240 g/mol. The molecule has 0 aliphatic heterocycles. The number of benzene rings is 1. The number of para-hydroxylation sites is 2. The van der Waals surface area contributed by atoms with Gasteiger partial charge in [0.05, 0.1) is 28.8 Å². The molecule has 0 N–H and O–H groups in total. The van der Waals surface area contributed by atoms with Crippen LogP contribution >= 0.6 is 0 Å². The number of aromatic nitrogens is 2. The number of hydrogen-bond acceptors (Lipinski definition) is 4. The fourth-order valence-corrected chi connectivity index (χ4v) is 1.69. The highest BCUT2D eigenvalue weighted by atomic mass is 16.6. The summed E-state index contributed by atoms with van der Waals surface area (Å²) < 4.78 is 5.36. The molecule has 2 aromatic rings. The van der Waals surface area contributed by atoms with Gasteiger partial charge in [0.2, 0.25) is 0 Å². The first kappa shape index (κ1) is 13.5. The molecule has 0 aliphatic carbocycles. The van der Waals surface area contributed by atoms with Crippen molar-refractivity contribution in [2.24, 2.45) is 0 Å². The average Bonchev–Trinajstić information content (AvgIpc) is 2.35. The molecule has 0 radical (unpaired) electrons. The van der Waals surface area contributed by atoms with Gasteiger partial charge in [-0.3, -0.25) is 9.78 Å². The zero-order valence-corrected chi connectivity index (χ0v) is 11.7. The van der Waals surface area contributed by atoms with Gasteiger partial charge < -0.3 is 4.74 Å². The molecule has 1 aromatic heterocycles. The van der Waals surface area contributed by atoms with Crippen molar-refractivity contribution in [3.8, 4) is 0 Å². The SMILES string of the molecule is CC(C(=O)OC(C)(C)C)c1cnc2ccccc2n1. The van der Waals surface area contributed by atoms with Crippen LogP contribution in [0.15, 0.2) is 30.5 Å². The zero-order chi connectivity index (χ0) is 14.0. The van der Waals surface area contributed by atoms with E-state index in [1.54, 1.807) is 13.1 Å². The van der Waals surface area contributed by atoms with Crippen molar-refractivity contribution in [1.82, 2.24) is 9.97 Å². The predicted molar refractivity (Wildman–Crippen MR) is 73.8 cm³/mol. The zero-order valence-electron chi connectivity index (χ0n) is 11.7. The second kappa shape index (κ2) is 4.96. The van der Waals surface area contributed by atoms with E-state index in [0.717, 1.165) is 11.0 Å². The van der Waals surface area contributed by atoms with E-state index in [1.165, 1.54) is 0 Å². The predicted octanol–water partition coefficient (Wildman–Crippen LogP) is 3.08. The molecule has 0 fully saturated rings. The lowest BCUT2D eigenvalue weighted by Crippen LogP contribution is -2.27. The molecule has 19 heavy (non-hydrogen) atoms. The Morgan fingerprint density at radius 2 is 1.84 bits per heavy atom. The van der Waals surface area contributed by atoms with Crippen LogP contribution in [0, 0.1) is 0 Å². The standard InChI is InChI=1S/C15H18N2O2/c1-10(14(18)19-15(2,3)4)13-9-16-11-7-5-6-8-12(11)17-13/h5-10H,1-4H3. The molecule has 0 saturated heterocycles. The number of esters is 1. The first-order chi connectivity index (χ1) is 8.87. The van der Waals surface area contributed by atoms with Crippen LogP contribution in [-0.2, 0) is 9.53 Å². The number of nitrogens with zero attached hydrogens (tertiary/aromatic N) is 2. The number of fused-ring (bicyclic) bond motifs is 1. The second-order valence-electron chi connectivity index (χ2n) is 5.54. The Kier molecular flexibility index (Phi) is 3.51. The lowest BCUT2D eigenvalue weighted by molar-refractivity contribution is -0.156. The third kappa shape index (κ3) is 3.28. The summed E-state index contributed by atoms with van der Waals surface area (Å²) in [6, 6.07) is 7.59. The Balaban J connectivity index is 2.26. The topological polar surface area (TPSA) is 52.1 Å². The molecule has 2 rings (SSSR count). The summed E-state index contributed by atoms with van der Waals surface area (Å²) in [5.41, 5.74) is 1.75. The Morgan fingerprint density at radius 1 is 1.21 bits per heavy atom. The van der Waals surface area contributed by atoms with E-state index in [4.69, 9.17) is 4.74 Å². The van der Waals surface area contributed by atoms with Gasteiger partial charge in [0, 0.05) is 0 Å². The summed E-state index contributed by atoms with van der Waals surface area (Å²) in [5, 5.41) is 0. The van der Waals surface area contributed by atoms with Crippen LogP contribution in [0.25, 0.3) is 11.0 Å². The molecule has 0 bridgehead atoms. The molecule has 1 aromatic carbocycles. The molecule has 1 unspecified atom stereocenters. The van der Waals surface area contributed by atoms with E-state index >= 15 is 0 Å². The van der Waals surface area contributed by atoms with E-state index < -0.39 is 11.5 Å². The molecule has 1 heterocycles. The van der Waals surface area contributed by atoms with Gasteiger partial charge in [-0.2, -0.15) is 0 Å².